The fraction of sp³-hybridized carbons (Fsp3) is 0. The predicted octanol–water partition coefficient (Wildman–Crippen LogP) is 20.9. The van der Waals surface area contributed by atoms with Crippen LogP contribution in [0.4, 0.5) is 34.1 Å². The van der Waals surface area contributed by atoms with Crippen molar-refractivity contribution >= 4 is 122 Å². The first-order valence-electron chi connectivity index (χ1n) is 31.5. The molecule has 15 aromatic carbocycles. The second-order valence-corrected chi connectivity index (χ2v) is 24.3. The van der Waals surface area contributed by atoms with Gasteiger partial charge in [-0.1, -0.05) is 261 Å². The molecule has 0 aliphatic carbocycles. The average Bonchev–Trinajstić information content (AvgIpc) is 0.928. The number of aromatic nitrogens is 2. The van der Waals surface area contributed by atoms with Crippen molar-refractivity contribution in [2.45, 2.75) is 0 Å². The lowest BCUT2D eigenvalue weighted by Gasteiger charge is -2.45. The first kappa shape index (κ1) is 51.2. The quantitative estimate of drug-likeness (QED) is 0.111. The minimum atomic E-state index is -0.168. The van der Waals surface area contributed by atoms with Crippen LogP contribution < -0.4 is 26.2 Å². The van der Waals surface area contributed by atoms with E-state index in [4.69, 9.17) is 0 Å². The lowest BCUT2D eigenvalue weighted by atomic mass is 9.33. The van der Waals surface area contributed by atoms with Crippen LogP contribution in [-0.4, -0.2) is 15.8 Å². The van der Waals surface area contributed by atoms with Crippen LogP contribution in [0.2, 0.25) is 0 Å². The fourth-order valence-electron chi connectivity index (χ4n) is 15.6. The molecule has 0 amide bonds. The highest BCUT2D eigenvalue weighted by atomic mass is 15.2. The van der Waals surface area contributed by atoms with Crippen LogP contribution in [0.5, 0.6) is 0 Å². The molecule has 4 heterocycles. The molecule has 0 fully saturated rings. The highest BCUT2D eigenvalue weighted by Crippen LogP contribution is 2.51. The Balaban J connectivity index is 0.923. The van der Waals surface area contributed by atoms with E-state index >= 15 is 0 Å². The van der Waals surface area contributed by atoms with Crippen LogP contribution in [-0.2, 0) is 0 Å². The first-order chi connectivity index (χ1) is 45.2. The maximum absolute atomic E-state index is 2.63. The van der Waals surface area contributed by atoms with E-state index in [1.54, 1.807) is 0 Å². The zero-order valence-corrected chi connectivity index (χ0v) is 49.6. The van der Waals surface area contributed by atoms with Crippen LogP contribution in [0.3, 0.4) is 0 Å². The molecule has 91 heavy (non-hydrogen) atoms. The number of benzene rings is 15. The van der Waals surface area contributed by atoms with Crippen LogP contribution >= 0.6 is 0 Å². The monoisotopic (exact) mass is 1150 g/mol. The van der Waals surface area contributed by atoms with Crippen LogP contribution in [0, 0.1) is 0 Å². The van der Waals surface area contributed by atoms with Gasteiger partial charge in [0.05, 0.1) is 33.4 Å². The van der Waals surface area contributed by atoms with E-state index in [-0.39, 0.29) is 6.71 Å². The molecule has 0 saturated heterocycles. The molecule has 17 aromatic rings. The summed E-state index contributed by atoms with van der Waals surface area (Å²) in [5, 5.41) is 9.79. The molecule has 0 radical (unpaired) electrons. The van der Waals surface area contributed by atoms with Gasteiger partial charge in [-0.15, -0.1) is 0 Å². The largest absolute Gasteiger partial charge is 0.311 e. The van der Waals surface area contributed by atoms with E-state index in [9.17, 15) is 0 Å². The first-order valence-corrected chi connectivity index (χ1v) is 31.5. The molecular weight excluding hydrogens is 1100 g/mol. The van der Waals surface area contributed by atoms with Gasteiger partial charge in [0, 0.05) is 61.2 Å². The third-order valence-electron chi connectivity index (χ3n) is 19.5. The molecule has 4 nitrogen and oxygen atoms in total. The van der Waals surface area contributed by atoms with E-state index < -0.39 is 0 Å². The van der Waals surface area contributed by atoms with E-state index in [1.165, 1.54) is 98.3 Å². The van der Waals surface area contributed by atoms with Gasteiger partial charge in [-0.2, -0.15) is 0 Å². The summed E-state index contributed by atoms with van der Waals surface area (Å²) in [5.41, 5.74) is 26.9. The number of para-hydroxylation sites is 6. The normalized spacial score (nSPS) is 12.5. The highest BCUT2D eigenvalue weighted by molar-refractivity contribution is 7.00. The van der Waals surface area contributed by atoms with Gasteiger partial charge in [-0.05, 0) is 150 Å². The molecule has 0 bridgehead atoms. The number of anilines is 6. The predicted molar refractivity (Wildman–Crippen MR) is 386 cm³/mol. The molecule has 5 heteroatoms. The minimum absolute atomic E-state index is 0.168. The second-order valence-electron chi connectivity index (χ2n) is 24.3. The van der Waals surface area contributed by atoms with Gasteiger partial charge in [0.1, 0.15) is 0 Å². The zero-order chi connectivity index (χ0) is 59.7. The van der Waals surface area contributed by atoms with Crippen molar-refractivity contribution in [2.75, 3.05) is 9.80 Å². The van der Waals surface area contributed by atoms with Gasteiger partial charge >= 0.3 is 0 Å². The van der Waals surface area contributed by atoms with Gasteiger partial charge < -0.3 is 18.9 Å². The summed E-state index contributed by atoms with van der Waals surface area (Å²) >= 11 is 0. The van der Waals surface area contributed by atoms with Crippen molar-refractivity contribution in [1.29, 1.82) is 0 Å². The zero-order valence-electron chi connectivity index (χ0n) is 49.6. The summed E-state index contributed by atoms with van der Waals surface area (Å²) in [6, 6.07) is 124. The Morgan fingerprint density at radius 1 is 0.209 bits per heavy atom. The number of hydrogen-bond donors (Lipinski definition) is 0. The molecule has 0 N–H and O–H groups in total. The SMILES string of the molecule is c1ccc(-c2ccc(-c3c4ccccc4c(-c4ccc5c(c4)N(c4ccccc4-c4ccccc4)c4cc(-n6c7ccccc7c7ccccc76)cc6c4B5c4ccc(-n5c7ccccc7c7ccccc75)cc4N6c4ccccc4)c4ccccc34)cc2)cc1. The maximum Gasteiger partial charge on any atom is 0.252 e. The average molecular weight is 1160 g/mol. The molecule has 0 saturated carbocycles. The molecule has 19 rings (SSSR count). The Morgan fingerprint density at radius 2 is 0.582 bits per heavy atom. The van der Waals surface area contributed by atoms with E-state index in [0.717, 1.165) is 73.2 Å². The number of nitrogens with zero attached hydrogens (tertiary/aromatic N) is 4. The molecule has 422 valence electrons. The molecule has 2 aliphatic heterocycles. The third-order valence-corrected chi connectivity index (χ3v) is 19.5. The summed E-state index contributed by atoms with van der Waals surface area (Å²) in [6.07, 6.45) is 0. The highest BCUT2D eigenvalue weighted by Gasteiger charge is 2.45. The Bertz CT molecular complexity index is 5630. The third kappa shape index (κ3) is 7.78. The van der Waals surface area contributed by atoms with Crippen molar-refractivity contribution in [2.24, 2.45) is 0 Å². The summed E-state index contributed by atoms with van der Waals surface area (Å²) < 4.78 is 4.97. The van der Waals surface area contributed by atoms with Crippen molar-refractivity contribution in [3.8, 4) is 55.9 Å². The van der Waals surface area contributed by atoms with E-state index in [1.807, 2.05) is 0 Å². The van der Waals surface area contributed by atoms with Gasteiger partial charge in [0.15, 0.2) is 0 Å². The fourth-order valence-corrected chi connectivity index (χ4v) is 15.6. The van der Waals surface area contributed by atoms with Crippen molar-refractivity contribution in [3.05, 3.63) is 334 Å². The summed E-state index contributed by atoms with van der Waals surface area (Å²) in [5.74, 6) is 0. The number of fused-ring (bicyclic) bond motifs is 12. The minimum Gasteiger partial charge on any atom is -0.311 e. The lowest BCUT2D eigenvalue weighted by Crippen LogP contribution is -2.61. The molecule has 2 aliphatic rings. The summed E-state index contributed by atoms with van der Waals surface area (Å²) in [4.78, 5) is 5.19. The van der Waals surface area contributed by atoms with E-state index in [0.29, 0.717) is 0 Å². The van der Waals surface area contributed by atoms with Gasteiger partial charge in [0.25, 0.3) is 6.71 Å². The molecule has 0 spiro atoms. The maximum atomic E-state index is 2.63. The summed E-state index contributed by atoms with van der Waals surface area (Å²) in [7, 11) is 0. The van der Waals surface area contributed by atoms with Crippen LogP contribution in [0.15, 0.2) is 334 Å². The second kappa shape index (κ2) is 20.3. The topological polar surface area (TPSA) is 16.3 Å². The Labute approximate surface area is 527 Å². The van der Waals surface area contributed by atoms with Gasteiger partial charge in [0.2, 0.25) is 0 Å². The van der Waals surface area contributed by atoms with E-state index in [2.05, 4.69) is 353 Å². The van der Waals surface area contributed by atoms with Crippen LogP contribution in [0.25, 0.3) is 121 Å². The van der Waals surface area contributed by atoms with Crippen molar-refractivity contribution in [1.82, 2.24) is 9.13 Å². The number of hydrogen-bond acceptors (Lipinski definition) is 2. The Hall–Kier alpha value is -11.9. The van der Waals surface area contributed by atoms with Gasteiger partial charge in [-0.3, -0.25) is 0 Å². The Morgan fingerprint density at radius 3 is 1.13 bits per heavy atom. The Kier molecular flexibility index (Phi) is 11.4. The molecule has 0 atom stereocenters. The molecule has 0 unspecified atom stereocenters. The summed E-state index contributed by atoms with van der Waals surface area (Å²) in [6.45, 7) is -0.168. The lowest BCUT2D eigenvalue weighted by molar-refractivity contribution is 1.15. The number of rotatable bonds is 8. The van der Waals surface area contributed by atoms with Crippen molar-refractivity contribution < 1.29 is 0 Å². The van der Waals surface area contributed by atoms with Crippen LogP contribution in [0.1, 0.15) is 0 Å². The molecule has 2 aromatic heterocycles. The standard InChI is InChI=1S/C86H55BN4/c1-4-24-56(25-5-1)57-44-46-59(47-45-57)84-69-35-10-12-37-71(69)85(72-38-13-11-36-70(72)84)60-48-50-73-80(52-60)91(75-39-19-14-30-64(75)58-26-6-2-7-27-58)83-55-63(90-78-42-22-17-33-67(78)68-34-18-23-43-79(68)90)54-82-86(83)87(73)74-51-49-62(53-81(74)88(82)61-28-8-3-9-29-61)89-76-40-20-15-31-65(76)66-32-16-21-41-77(66)89/h1-55H. The van der Waals surface area contributed by atoms with Gasteiger partial charge in [-0.25, -0.2) is 0 Å². The van der Waals surface area contributed by atoms with Crippen molar-refractivity contribution in [3.63, 3.8) is 0 Å². The smallest absolute Gasteiger partial charge is 0.252 e. The molecular formula is C86H55BN4.